The summed E-state index contributed by atoms with van der Waals surface area (Å²) in [4.78, 5) is 18.8. The normalized spacial score (nSPS) is 15.5. The van der Waals surface area contributed by atoms with Gasteiger partial charge in [0.2, 0.25) is 0 Å². The molecule has 0 aliphatic carbocycles. The second kappa shape index (κ2) is 8.25. The van der Waals surface area contributed by atoms with Crippen LogP contribution in [0.25, 0.3) is 11.0 Å². The molecule has 1 aromatic carbocycles. The second-order valence-electron chi connectivity index (χ2n) is 6.69. The minimum absolute atomic E-state index is 0.0309. The van der Waals surface area contributed by atoms with Gasteiger partial charge in [-0.15, -0.1) is 11.3 Å². The molecule has 0 radical (unpaired) electrons. The van der Waals surface area contributed by atoms with E-state index >= 15 is 0 Å². The molecule has 6 heteroatoms. The van der Waals surface area contributed by atoms with E-state index in [0.717, 1.165) is 49.3 Å². The lowest BCUT2D eigenvalue weighted by Crippen LogP contribution is -2.48. The molecule has 0 bridgehead atoms. The summed E-state index contributed by atoms with van der Waals surface area (Å²) in [7, 11) is 0. The number of furan rings is 1. The van der Waals surface area contributed by atoms with Gasteiger partial charge < -0.3 is 14.1 Å². The Hall–Kier alpha value is -2.15. The van der Waals surface area contributed by atoms with Gasteiger partial charge in [0, 0.05) is 55.2 Å². The quantitative estimate of drug-likeness (QED) is 0.645. The van der Waals surface area contributed by atoms with Crippen molar-refractivity contribution in [2.45, 2.75) is 20.1 Å². The highest BCUT2D eigenvalue weighted by Gasteiger charge is 2.28. The molecule has 1 aliphatic heterocycles. The molecular formula is C21H24N2O3S. The first-order chi connectivity index (χ1) is 13.3. The van der Waals surface area contributed by atoms with Crippen LogP contribution in [0.4, 0.5) is 0 Å². The van der Waals surface area contributed by atoms with Gasteiger partial charge in [0.15, 0.2) is 5.76 Å². The Morgan fingerprint density at radius 2 is 1.96 bits per heavy atom. The van der Waals surface area contributed by atoms with Crippen LogP contribution in [-0.4, -0.2) is 48.5 Å². The summed E-state index contributed by atoms with van der Waals surface area (Å²) in [6.07, 6.45) is 0. The molecule has 2 aromatic heterocycles. The van der Waals surface area contributed by atoms with Gasteiger partial charge in [-0.1, -0.05) is 24.3 Å². The van der Waals surface area contributed by atoms with Crippen molar-refractivity contribution in [2.24, 2.45) is 0 Å². The lowest BCUT2D eigenvalue weighted by molar-refractivity contribution is 0.0592. The third kappa shape index (κ3) is 3.93. The van der Waals surface area contributed by atoms with E-state index in [-0.39, 0.29) is 5.91 Å². The maximum atomic E-state index is 13.1. The number of hydrogen-bond acceptors (Lipinski definition) is 5. The molecule has 1 aliphatic rings. The lowest BCUT2D eigenvalue weighted by Gasteiger charge is -2.34. The Balaban J connectivity index is 1.48. The molecule has 3 aromatic rings. The molecule has 1 amide bonds. The SMILES string of the molecule is CCOCc1c(C(=O)N2CCN(Cc3cccs3)CC2)oc2ccccc12. The summed E-state index contributed by atoms with van der Waals surface area (Å²) in [5.74, 6) is 0.396. The number of carbonyl (C=O) groups is 1. The fraction of sp³-hybridized carbons (Fsp3) is 0.381. The van der Waals surface area contributed by atoms with Crippen molar-refractivity contribution in [3.8, 4) is 0 Å². The average molecular weight is 385 g/mol. The van der Waals surface area contributed by atoms with Crippen LogP contribution in [0.5, 0.6) is 0 Å². The number of piperazine rings is 1. The highest BCUT2D eigenvalue weighted by molar-refractivity contribution is 7.09. The zero-order valence-corrected chi connectivity index (χ0v) is 16.3. The van der Waals surface area contributed by atoms with Crippen molar-refractivity contribution in [3.05, 3.63) is 58.0 Å². The van der Waals surface area contributed by atoms with Gasteiger partial charge in [-0.25, -0.2) is 0 Å². The molecule has 0 saturated carbocycles. The standard InChI is InChI=1S/C21H24N2O3S/c1-2-25-15-18-17-7-3-4-8-19(17)26-20(18)21(24)23-11-9-22(10-12-23)14-16-6-5-13-27-16/h3-8,13H,2,9-12,14-15H2,1H3. The number of nitrogens with zero attached hydrogens (tertiary/aromatic N) is 2. The topological polar surface area (TPSA) is 45.9 Å². The molecule has 1 saturated heterocycles. The molecule has 27 heavy (non-hydrogen) atoms. The lowest BCUT2D eigenvalue weighted by atomic mass is 10.1. The molecule has 4 rings (SSSR count). The molecule has 1 fully saturated rings. The molecule has 0 unspecified atom stereocenters. The first kappa shape index (κ1) is 18.2. The van der Waals surface area contributed by atoms with Crippen LogP contribution in [-0.2, 0) is 17.9 Å². The third-order valence-corrected chi connectivity index (χ3v) is 5.82. The highest BCUT2D eigenvalue weighted by atomic mass is 32.1. The van der Waals surface area contributed by atoms with E-state index in [1.807, 2.05) is 36.1 Å². The van der Waals surface area contributed by atoms with E-state index in [9.17, 15) is 4.79 Å². The minimum atomic E-state index is -0.0309. The first-order valence-corrected chi connectivity index (χ1v) is 10.3. The molecule has 0 atom stereocenters. The van der Waals surface area contributed by atoms with Gasteiger partial charge in [0.1, 0.15) is 5.58 Å². The summed E-state index contributed by atoms with van der Waals surface area (Å²) >= 11 is 1.78. The van der Waals surface area contributed by atoms with Gasteiger partial charge in [-0.2, -0.15) is 0 Å². The predicted octanol–water partition coefficient (Wildman–Crippen LogP) is 3.99. The van der Waals surface area contributed by atoms with Gasteiger partial charge in [0.25, 0.3) is 5.91 Å². The highest BCUT2D eigenvalue weighted by Crippen LogP contribution is 2.28. The maximum absolute atomic E-state index is 13.1. The van der Waals surface area contributed by atoms with E-state index in [2.05, 4.69) is 22.4 Å². The summed E-state index contributed by atoms with van der Waals surface area (Å²) in [6, 6.07) is 12.0. The number of fused-ring (bicyclic) bond motifs is 1. The van der Waals surface area contributed by atoms with Gasteiger partial charge in [-0.3, -0.25) is 9.69 Å². The van der Waals surface area contributed by atoms with Crippen molar-refractivity contribution >= 4 is 28.2 Å². The van der Waals surface area contributed by atoms with E-state index < -0.39 is 0 Å². The number of rotatable bonds is 6. The van der Waals surface area contributed by atoms with Crippen LogP contribution in [0.2, 0.25) is 0 Å². The third-order valence-electron chi connectivity index (χ3n) is 4.96. The van der Waals surface area contributed by atoms with Crippen LogP contribution in [0.3, 0.4) is 0 Å². The number of thiophene rings is 1. The number of benzene rings is 1. The number of ether oxygens (including phenoxy) is 1. The monoisotopic (exact) mass is 384 g/mol. The Kier molecular flexibility index (Phi) is 5.57. The van der Waals surface area contributed by atoms with E-state index in [4.69, 9.17) is 9.15 Å². The van der Waals surface area contributed by atoms with Crippen molar-refractivity contribution in [2.75, 3.05) is 32.8 Å². The number of amides is 1. The maximum Gasteiger partial charge on any atom is 0.290 e. The average Bonchev–Trinajstić information content (AvgIpc) is 3.34. The minimum Gasteiger partial charge on any atom is -0.451 e. The Labute approximate surface area is 163 Å². The van der Waals surface area contributed by atoms with Crippen LogP contribution >= 0.6 is 11.3 Å². The van der Waals surface area contributed by atoms with Crippen molar-refractivity contribution < 1.29 is 13.9 Å². The van der Waals surface area contributed by atoms with Gasteiger partial charge in [0.05, 0.1) is 6.61 Å². The summed E-state index contributed by atoms with van der Waals surface area (Å²) in [5.41, 5.74) is 1.60. The van der Waals surface area contributed by atoms with Crippen molar-refractivity contribution in [3.63, 3.8) is 0 Å². The fourth-order valence-corrected chi connectivity index (χ4v) is 4.24. The second-order valence-corrected chi connectivity index (χ2v) is 7.72. The van der Waals surface area contributed by atoms with Crippen LogP contribution in [0.1, 0.15) is 27.9 Å². The molecule has 0 spiro atoms. The van der Waals surface area contributed by atoms with Gasteiger partial charge >= 0.3 is 0 Å². The van der Waals surface area contributed by atoms with Crippen LogP contribution < -0.4 is 0 Å². The van der Waals surface area contributed by atoms with E-state index in [1.54, 1.807) is 11.3 Å². The first-order valence-electron chi connectivity index (χ1n) is 9.38. The molecular weight excluding hydrogens is 360 g/mol. The van der Waals surface area contributed by atoms with Crippen LogP contribution in [0.15, 0.2) is 46.2 Å². The van der Waals surface area contributed by atoms with Gasteiger partial charge in [-0.05, 0) is 24.4 Å². The summed E-state index contributed by atoms with van der Waals surface area (Å²) in [6.45, 7) is 7.11. The Morgan fingerprint density at radius 3 is 2.70 bits per heavy atom. The Morgan fingerprint density at radius 1 is 1.15 bits per heavy atom. The largest absolute Gasteiger partial charge is 0.451 e. The number of hydrogen-bond donors (Lipinski definition) is 0. The smallest absolute Gasteiger partial charge is 0.290 e. The zero-order chi connectivity index (χ0) is 18.6. The van der Waals surface area contributed by atoms with Crippen molar-refractivity contribution in [1.82, 2.24) is 9.80 Å². The zero-order valence-electron chi connectivity index (χ0n) is 15.5. The molecule has 142 valence electrons. The van der Waals surface area contributed by atoms with E-state index in [1.165, 1.54) is 4.88 Å². The number of carbonyl (C=O) groups excluding carboxylic acids is 1. The molecule has 5 nitrogen and oxygen atoms in total. The fourth-order valence-electron chi connectivity index (χ4n) is 3.49. The van der Waals surface area contributed by atoms with Crippen molar-refractivity contribution in [1.29, 1.82) is 0 Å². The predicted molar refractivity (Wildman–Crippen MR) is 107 cm³/mol. The molecule has 3 heterocycles. The number of para-hydroxylation sites is 1. The van der Waals surface area contributed by atoms with E-state index in [0.29, 0.717) is 19.0 Å². The summed E-state index contributed by atoms with van der Waals surface area (Å²) in [5, 5.41) is 3.07. The Bertz CT molecular complexity index is 895. The molecule has 0 N–H and O–H groups in total. The summed E-state index contributed by atoms with van der Waals surface area (Å²) < 4.78 is 11.5. The van der Waals surface area contributed by atoms with Crippen LogP contribution in [0, 0.1) is 0 Å².